The lowest BCUT2D eigenvalue weighted by atomic mass is 9.95. The smallest absolute Gasteiger partial charge is 0.351 e. The molecular formula is C18H23F3N2O2S. The summed E-state index contributed by atoms with van der Waals surface area (Å²) >= 11 is 1.27. The minimum absolute atomic E-state index is 0.0261. The SMILES string of the molecule is Cc1ccc(C(C(=O)NC2CCCCC2)N(C(=O)C(F)(F)F)C2CC2)s1. The summed E-state index contributed by atoms with van der Waals surface area (Å²) in [5, 5.41) is 2.90. The molecule has 2 saturated carbocycles. The van der Waals surface area contributed by atoms with Gasteiger partial charge in [0.1, 0.15) is 6.04 Å². The van der Waals surface area contributed by atoms with Crippen LogP contribution < -0.4 is 5.32 Å². The van der Waals surface area contributed by atoms with Gasteiger partial charge in [-0.25, -0.2) is 0 Å². The van der Waals surface area contributed by atoms with Gasteiger partial charge in [-0.1, -0.05) is 19.3 Å². The van der Waals surface area contributed by atoms with E-state index in [1.165, 1.54) is 11.3 Å². The molecule has 0 saturated heterocycles. The summed E-state index contributed by atoms with van der Waals surface area (Å²) in [5.74, 6) is -2.42. The number of thiophene rings is 1. The second-order valence-corrected chi connectivity index (χ2v) is 8.46. The van der Waals surface area contributed by atoms with E-state index in [9.17, 15) is 22.8 Å². The first-order valence-electron chi connectivity index (χ1n) is 9.03. The van der Waals surface area contributed by atoms with E-state index < -0.39 is 30.1 Å². The Balaban J connectivity index is 1.88. The molecule has 0 bridgehead atoms. The zero-order valence-corrected chi connectivity index (χ0v) is 15.5. The van der Waals surface area contributed by atoms with Gasteiger partial charge in [-0.15, -0.1) is 11.3 Å². The molecule has 0 spiro atoms. The van der Waals surface area contributed by atoms with E-state index in [-0.39, 0.29) is 6.04 Å². The molecule has 4 nitrogen and oxygen atoms in total. The Morgan fingerprint density at radius 2 is 1.81 bits per heavy atom. The maximum atomic E-state index is 13.2. The number of aryl methyl sites for hydroxylation is 1. The summed E-state index contributed by atoms with van der Waals surface area (Å²) in [7, 11) is 0. The van der Waals surface area contributed by atoms with Crippen LogP contribution in [0.2, 0.25) is 0 Å². The van der Waals surface area contributed by atoms with Crippen molar-refractivity contribution in [1.82, 2.24) is 10.2 Å². The number of nitrogens with zero attached hydrogens (tertiary/aromatic N) is 1. The fraction of sp³-hybridized carbons (Fsp3) is 0.667. The molecule has 2 aliphatic rings. The number of halogens is 3. The van der Waals surface area contributed by atoms with E-state index in [2.05, 4.69) is 5.32 Å². The number of carbonyl (C=O) groups excluding carboxylic acids is 2. The van der Waals surface area contributed by atoms with Crippen LogP contribution >= 0.6 is 11.3 Å². The highest BCUT2D eigenvalue weighted by Crippen LogP contribution is 2.40. The zero-order valence-electron chi connectivity index (χ0n) is 14.6. The molecule has 3 rings (SSSR count). The number of alkyl halides is 3. The number of carbonyl (C=O) groups is 2. The van der Waals surface area contributed by atoms with Crippen molar-refractivity contribution >= 4 is 23.2 Å². The Morgan fingerprint density at radius 3 is 2.31 bits per heavy atom. The minimum Gasteiger partial charge on any atom is -0.351 e. The molecule has 2 fully saturated rings. The second kappa shape index (κ2) is 7.58. The Hall–Kier alpha value is -1.57. The van der Waals surface area contributed by atoms with E-state index in [0.29, 0.717) is 17.7 Å². The van der Waals surface area contributed by atoms with Gasteiger partial charge in [0.05, 0.1) is 0 Å². The van der Waals surface area contributed by atoms with E-state index in [1.807, 2.05) is 6.92 Å². The normalized spacial score (nSPS) is 19.8. The first kappa shape index (κ1) is 19.2. The monoisotopic (exact) mass is 388 g/mol. The van der Waals surface area contributed by atoms with Crippen LogP contribution in [0.1, 0.15) is 60.7 Å². The Bertz CT molecular complexity index is 664. The second-order valence-electron chi connectivity index (χ2n) is 7.14. The van der Waals surface area contributed by atoms with Gasteiger partial charge in [0.15, 0.2) is 0 Å². The number of hydrogen-bond donors (Lipinski definition) is 1. The highest BCUT2D eigenvalue weighted by molar-refractivity contribution is 7.12. The third kappa shape index (κ3) is 4.39. The van der Waals surface area contributed by atoms with Crippen molar-refractivity contribution in [2.24, 2.45) is 0 Å². The van der Waals surface area contributed by atoms with Crippen LogP contribution in [-0.4, -0.2) is 35.0 Å². The molecule has 1 unspecified atom stereocenters. The van der Waals surface area contributed by atoms with Gasteiger partial charge < -0.3 is 10.2 Å². The fourth-order valence-electron chi connectivity index (χ4n) is 3.51. The van der Waals surface area contributed by atoms with E-state index in [1.54, 1.807) is 12.1 Å². The van der Waals surface area contributed by atoms with Gasteiger partial charge in [-0.05, 0) is 44.7 Å². The van der Waals surface area contributed by atoms with Gasteiger partial charge in [-0.3, -0.25) is 9.59 Å². The van der Waals surface area contributed by atoms with Crippen LogP contribution in [0.5, 0.6) is 0 Å². The predicted molar refractivity (Wildman–Crippen MR) is 92.7 cm³/mol. The maximum absolute atomic E-state index is 13.2. The van der Waals surface area contributed by atoms with E-state index in [4.69, 9.17) is 0 Å². The molecule has 144 valence electrons. The number of hydrogen-bond acceptors (Lipinski definition) is 3. The van der Waals surface area contributed by atoms with Crippen molar-refractivity contribution in [3.05, 3.63) is 21.9 Å². The zero-order chi connectivity index (χ0) is 18.9. The molecule has 8 heteroatoms. The van der Waals surface area contributed by atoms with Crippen molar-refractivity contribution in [3.8, 4) is 0 Å². The molecule has 1 N–H and O–H groups in total. The van der Waals surface area contributed by atoms with Crippen molar-refractivity contribution < 1.29 is 22.8 Å². The lowest BCUT2D eigenvalue weighted by Gasteiger charge is -2.33. The van der Waals surface area contributed by atoms with E-state index in [0.717, 1.165) is 41.9 Å². The molecule has 1 aromatic heterocycles. The van der Waals surface area contributed by atoms with Gasteiger partial charge in [0.2, 0.25) is 5.91 Å². The lowest BCUT2D eigenvalue weighted by Crippen LogP contribution is -2.51. The Morgan fingerprint density at radius 1 is 1.15 bits per heavy atom. The average Bonchev–Trinajstić information content (AvgIpc) is 3.33. The van der Waals surface area contributed by atoms with Crippen LogP contribution in [0, 0.1) is 6.92 Å². The highest BCUT2D eigenvalue weighted by Gasteiger charge is 2.51. The molecule has 1 atom stereocenters. The van der Waals surface area contributed by atoms with Gasteiger partial charge in [0.25, 0.3) is 0 Å². The fourth-order valence-corrected chi connectivity index (χ4v) is 4.49. The summed E-state index contributed by atoms with van der Waals surface area (Å²) in [6.45, 7) is 1.83. The maximum Gasteiger partial charge on any atom is 0.471 e. The Labute approximate surface area is 154 Å². The van der Waals surface area contributed by atoms with Crippen LogP contribution in [0.3, 0.4) is 0 Å². The van der Waals surface area contributed by atoms with Crippen molar-refractivity contribution in [2.45, 2.75) is 76.2 Å². The van der Waals surface area contributed by atoms with Gasteiger partial charge in [-0.2, -0.15) is 13.2 Å². The number of amides is 2. The number of nitrogens with one attached hydrogen (secondary N) is 1. The van der Waals surface area contributed by atoms with Crippen LogP contribution in [0.4, 0.5) is 13.2 Å². The predicted octanol–water partition coefficient (Wildman–Crippen LogP) is 4.10. The average molecular weight is 388 g/mol. The minimum atomic E-state index is -4.99. The molecule has 1 aromatic rings. The van der Waals surface area contributed by atoms with E-state index >= 15 is 0 Å². The quantitative estimate of drug-likeness (QED) is 0.826. The molecular weight excluding hydrogens is 365 g/mol. The molecule has 1 heterocycles. The topological polar surface area (TPSA) is 49.4 Å². The van der Waals surface area contributed by atoms with Crippen molar-refractivity contribution in [2.75, 3.05) is 0 Å². The molecule has 26 heavy (non-hydrogen) atoms. The molecule has 2 aliphatic carbocycles. The molecule has 0 radical (unpaired) electrons. The Kier molecular flexibility index (Phi) is 5.60. The standard InChI is InChI=1S/C18H23F3N2O2S/c1-11-7-10-14(26-11)15(16(24)22-12-5-3-2-4-6-12)23(13-8-9-13)17(25)18(19,20)21/h7,10,12-13,15H,2-6,8-9H2,1H3,(H,22,24). The lowest BCUT2D eigenvalue weighted by molar-refractivity contribution is -0.189. The summed E-state index contributed by atoms with van der Waals surface area (Å²) in [4.78, 5) is 27.2. The van der Waals surface area contributed by atoms with Gasteiger partial charge in [0, 0.05) is 21.8 Å². The first-order valence-corrected chi connectivity index (χ1v) is 9.85. The summed E-state index contributed by atoms with van der Waals surface area (Å²) in [6, 6.07) is 1.67. The van der Waals surface area contributed by atoms with Gasteiger partial charge >= 0.3 is 12.1 Å². The molecule has 0 aromatic carbocycles. The first-order chi connectivity index (χ1) is 12.3. The number of rotatable bonds is 5. The summed E-state index contributed by atoms with van der Waals surface area (Å²) in [6.07, 6.45) is 0.790. The largest absolute Gasteiger partial charge is 0.471 e. The summed E-state index contributed by atoms with van der Waals surface area (Å²) < 4.78 is 39.5. The van der Waals surface area contributed by atoms with Crippen LogP contribution in [0.15, 0.2) is 12.1 Å². The highest BCUT2D eigenvalue weighted by atomic mass is 32.1. The molecule has 2 amide bonds. The van der Waals surface area contributed by atoms with Crippen LogP contribution in [0.25, 0.3) is 0 Å². The van der Waals surface area contributed by atoms with Crippen molar-refractivity contribution in [3.63, 3.8) is 0 Å². The summed E-state index contributed by atoms with van der Waals surface area (Å²) in [5.41, 5.74) is 0. The van der Waals surface area contributed by atoms with Crippen molar-refractivity contribution in [1.29, 1.82) is 0 Å². The third-order valence-corrected chi connectivity index (χ3v) is 5.98. The third-order valence-electron chi connectivity index (χ3n) is 4.93. The molecule has 0 aliphatic heterocycles. The van der Waals surface area contributed by atoms with Crippen LogP contribution in [-0.2, 0) is 9.59 Å².